The predicted molar refractivity (Wildman–Crippen MR) is 84.0 cm³/mol. The molecule has 1 aromatic rings. The second kappa shape index (κ2) is 7.65. The van der Waals surface area contributed by atoms with E-state index < -0.39 is 0 Å². The predicted octanol–water partition coefficient (Wildman–Crippen LogP) is 3.35. The number of ether oxygens (including phenoxy) is 1. The van der Waals surface area contributed by atoms with Crippen LogP contribution < -0.4 is 10.5 Å². The lowest BCUT2D eigenvalue weighted by Gasteiger charge is -2.35. The maximum atomic E-state index is 6.40. The fraction of sp³-hybridized carbons (Fsp3) is 0.647. The van der Waals surface area contributed by atoms with Gasteiger partial charge in [-0.1, -0.05) is 38.3 Å². The van der Waals surface area contributed by atoms with Crippen LogP contribution in [0.5, 0.6) is 5.75 Å². The Balaban J connectivity index is 1.98. The van der Waals surface area contributed by atoms with Gasteiger partial charge in [0.2, 0.25) is 0 Å². The van der Waals surface area contributed by atoms with E-state index in [2.05, 4.69) is 24.0 Å². The quantitative estimate of drug-likeness (QED) is 0.866. The highest BCUT2D eigenvalue weighted by Crippen LogP contribution is 2.25. The van der Waals surface area contributed by atoms with Gasteiger partial charge in [0, 0.05) is 18.6 Å². The van der Waals surface area contributed by atoms with E-state index in [9.17, 15) is 0 Å². The van der Waals surface area contributed by atoms with Crippen molar-refractivity contribution in [2.24, 2.45) is 5.73 Å². The summed E-state index contributed by atoms with van der Waals surface area (Å²) in [5, 5.41) is 0. The average molecular weight is 276 g/mol. The number of benzene rings is 1. The number of methoxy groups -OCH3 is 1. The standard InChI is InChI=1S/C17H28N2O/c1-3-19(15-9-5-4-6-10-15)13-17(18)14-8-7-11-16(12-14)20-2/h7-8,11-12,15,17H,3-6,9-10,13,18H2,1-2H3. The van der Waals surface area contributed by atoms with Crippen molar-refractivity contribution < 1.29 is 4.74 Å². The Bertz CT molecular complexity index is 402. The number of nitrogens with two attached hydrogens (primary N) is 1. The monoisotopic (exact) mass is 276 g/mol. The van der Waals surface area contributed by atoms with Gasteiger partial charge in [0.05, 0.1) is 7.11 Å². The zero-order chi connectivity index (χ0) is 14.4. The van der Waals surface area contributed by atoms with Gasteiger partial charge in [0.15, 0.2) is 0 Å². The molecular formula is C17H28N2O. The van der Waals surface area contributed by atoms with Gasteiger partial charge in [-0.25, -0.2) is 0 Å². The Morgan fingerprint density at radius 3 is 2.70 bits per heavy atom. The summed E-state index contributed by atoms with van der Waals surface area (Å²) in [6.07, 6.45) is 6.80. The van der Waals surface area contributed by atoms with Gasteiger partial charge in [-0.2, -0.15) is 0 Å². The Morgan fingerprint density at radius 2 is 2.05 bits per heavy atom. The minimum atomic E-state index is 0.0620. The molecular weight excluding hydrogens is 248 g/mol. The Hall–Kier alpha value is -1.06. The van der Waals surface area contributed by atoms with Gasteiger partial charge in [-0.3, -0.25) is 4.90 Å². The molecule has 0 aliphatic heterocycles. The van der Waals surface area contributed by atoms with Crippen molar-refractivity contribution in [3.8, 4) is 5.75 Å². The molecule has 20 heavy (non-hydrogen) atoms. The second-order valence-electron chi connectivity index (χ2n) is 5.76. The fourth-order valence-corrected chi connectivity index (χ4v) is 3.21. The number of nitrogens with zero attached hydrogens (tertiary/aromatic N) is 1. The molecule has 112 valence electrons. The molecule has 1 atom stereocenters. The van der Waals surface area contributed by atoms with Gasteiger partial charge in [0.1, 0.15) is 5.75 Å². The van der Waals surface area contributed by atoms with Crippen molar-refractivity contribution in [2.75, 3.05) is 20.2 Å². The van der Waals surface area contributed by atoms with Crippen LogP contribution in [0.15, 0.2) is 24.3 Å². The van der Waals surface area contributed by atoms with E-state index in [-0.39, 0.29) is 6.04 Å². The van der Waals surface area contributed by atoms with Crippen LogP contribution in [0, 0.1) is 0 Å². The summed E-state index contributed by atoms with van der Waals surface area (Å²) in [5.74, 6) is 0.888. The van der Waals surface area contributed by atoms with E-state index in [4.69, 9.17) is 10.5 Å². The van der Waals surface area contributed by atoms with Gasteiger partial charge in [0.25, 0.3) is 0 Å². The molecule has 2 N–H and O–H groups in total. The second-order valence-corrected chi connectivity index (χ2v) is 5.76. The number of rotatable bonds is 6. The van der Waals surface area contributed by atoms with Gasteiger partial charge >= 0.3 is 0 Å². The summed E-state index contributed by atoms with van der Waals surface area (Å²) in [5.41, 5.74) is 7.57. The molecule has 3 heteroatoms. The Kier molecular flexibility index (Phi) is 5.86. The summed E-state index contributed by atoms with van der Waals surface area (Å²) < 4.78 is 5.28. The van der Waals surface area contributed by atoms with Crippen LogP contribution in [-0.4, -0.2) is 31.1 Å². The molecule has 0 radical (unpaired) electrons. The van der Waals surface area contributed by atoms with Crippen molar-refractivity contribution >= 4 is 0 Å². The molecule has 1 saturated carbocycles. The lowest BCUT2D eigenvalue weighted by molar-refractivity contribution is 0.155. The van der Waals surface area contributed by atoms with Crippen molar-refractivity contribution in [1.29, 1.82) is 0 Å². The molecule has 1 aliphatic carbocycles. The lowest BCUT2D eigenvalue weighted by Crippen LogP contribution is -2.41. The Labute approximate surface area is 123 Å². The normalized spacial score (nSPS) is 18.2. The Morgan fingerprint density at radius 1 is 1.30 bits per heavy atom. The van der Waals surface area contributed by atoms with Crippen LogP contribution in [0.3, 0.4) is 0 Å². The van der Waals surface area contributed by atoms with Gasteiger partial charge < -0.3 is 10.5 Å². The third-order valence-electron chi connectivity index (χ3n) is 4.45. The third-order valence-corrected chi connectivity index (χ3v) is 4.45. The lowest BCUT2D eigenvalue weighted by atomic mass is 9.93. The van der Waals surface area contributed by atoms with E-state index in [1.54, 1.807) is 7.11 Å². The summed E-state index contributed by atoms with van der Waals surface area (Å²) in [4.78, 5) is 2.56. The van der Waals surface area contributed by atoms with E-state index in [0.29, 0.717) is 0 Å². The van der Waals surface area contributed by atoms with E-state index >= 15 is 0 Å². The summed E-state index contributed by atoms with van der Waals surface area (Å²) in [6.45, 7) is 4.27. The molecule has 0 amide bonds. The molecule has 2 rings (SSSR count). The van der Waals surface area contributed by atoms with Crippen molar-refractivity contribution in [3.05, 3.63) is 29.8 Å². The van der Waals surface area contributed by atoms with Crippen molar-refractivity contribution in [1.82, 2.24) is 4.90 Å². The first-order valence-electron chi connectivity index (χ1n) is 7.88. The zero-order valence-electron chi connectivity index (χ0n) is 12.8. The van der Waals surface area contributed by atoms with Crippen LogP contribution in [-0.2, 0) is 0 Å². The highest BCUT2D eigenvalue weighted by atomic mass is 16.5. The largest absolute Gasteiger partial charge is 0.497 e. The van der Waals surface area contributed by atoms with Gasteiger partial charge in [-0.15, -0.1) is 0 Å². The maximum absolute atomic E-state index is 6.40. The van der Waals surface area contributed by atoms with Crippen LogP contribution in [0.4, 0.5) is 0 Å². The van der Waals surface area contributed by atoms with Crippen molar-refractivity contribution in [2.45, 2.75) is 51.1 Å². The summed E-state index contributed by atoms with van der Waals surface area (Å²) in [6, 6.07) is 8.93. The van der Waals surface area contributed by atoms with E-state index in [1.807, 2.05) is 12.1 Å². The summed E-state index contributed by atoms with van der Waals surface area (Å²) in [7, 11) is 1.70. The number of likely N-dealkylation sites (N-methyl/N-ethyl adjacent to an activating group) is 1. The third kappa shape index (κ3) is 3.97. The van der Waals surface area contributed by atoms with Crippen LogP contribution in [0.2, 0.25) is 0 Å². The van der Waals surface area contributed by atoms with Crippen LogP contribution in [0.25, 0.3) is 0 Å². The van der Waals surface area contributed by atoms with E-state index in [0.717, 1.165) is 24.9 Å². The average Bonchev–Trinajstić information content (AvgIpc) is 2.53. The molecule has 0 saturated heterocycles. The molecule has 0 bridgehead atoms. The number of hydrogen-bond acceptors (Lipinski definition) is 3. The first kappa shape index (κ1) is 15.3. The van der Waals surface area contributed by atoms with Crippen LogP contribution >= 0.6 is 0 Å². The minimum Gasteiger partial charge on any atom is -0.497 e. The SMILES string of the molecule is CCN(CC(N)c1cccc(OC)c1)C1CCCCC1. The van der Waals surface area contributed by atoms with Crippen LogP contribution in [0.1, 0.15) is 50.6 Å². The molecule has 1 aromatic carbocycles. The van der Waals surface area contributed by atoms with Gasteiger partial charge in [-0.05, 0) is 37.1 Å². The zero-order valence-corrected chi connectivity index (χ0v) is 12.8. The molecule has 1 aliphatic rings. The first-order chi connectivity index (χ1) is 9.74. The molecule has 0 aromatic heterocycles. The summed E-state index contributed by atoms with van der Waals surface area (Å²) >= 11 is 0. The number of hydrogen-bond donors (Lipinski definition) is 1. The van der Waals surface area contributed by atoms with E-state index in [1.165, 1.54) is 37.7 Å². The molecule has 3 nitrogen and oxygen atoms in total. The molecule has 1 unspecified atom stereocenters. The highest BCUT2D eigenvalue weighted by molar-refractivity contribution is 5.30. The highest BCUT2D eigenvalue weighted by Gasteiger charge is 2.22. The first-order valence-corrected chi connectivity index (χ1v) is 7.88. The maximum Gasteiger partial charge on any atom is 0.119 e. The molecule has 0 heterocycles. The molecule has 0 spiro atoms. The fourth-order valence-electron chi connectivity index (χ4n) is 3.21. The molecule has 1 fully saturated rings. The van der Waals surface area contributed by atoms with Crippen molar-refractivity contribution in [3.63, 3.8) is 0 Å². The minimum absolute atomic E-state index is 0.0620. The topological polar surface area (TPSA) is 38.5 Å². The smallest absolute Gasteiger partial charge is 0.119 e.